The summed E-state index contributed by atoms with van der Waals surface area (Å²) in [4.78, 5) is 4.24. The molecule has 2 rings (SSSR count). The smallest absolute Gasteiger partial charge is 0.151 e. The molecule has 0 radical (unpaired) electrons. The van der Waals surface area contributed by atoms with Gasteiger partial charge in [0.2, 0.25) is 0 Å². The number of rotatable bonds is 6. The predicted octanol–water partition coefficient (Wildman–Crippen LogP) is 1.85. The molecule has 0 saturated carbocycles. The summed E-state index contributed by atoms with van der Waals surface area (Å²) < 4.78 is 27.8. The Hall–Kier alpha value is -1.14. The highest BCUT2D eigenvalue weighted by Gasteiger charge is 2.13. The maximum absolute atomic E-state index is 11.2. The SMILES string of the molecule is CS(=O)(=O)Cc1ccc(NCCC2CCCOC2)nc1. The van der Waals surface area contributed by atoms with E-state index in [0.29, 0.717) is 5.92 Å². The third-order valence-corrected chi connectivity index (χ3v) is 4.22. The summed E-state index contributed by atoms with van der Waals surface area (Å²) >= 11 is 0. The second-order valence-corrected chi connectivity index (χ2v) is 7.56. The minimum atomic E-state index is -3.00. The van der Waals surface area contributed by atoms with Gasteiger partial charge in [-0.1, -0.05) is 6.07 Å². The van der Waals surface area contributed by atoms with Crippen LogP contribution in [-0.2, 0) is 20.3 Å². The van der Waals surface area contributed by atoms with Crippen molar-refractivity contribution in [2.24, 2.45) is 5.92 Å². The third-order valence-electron chi connectivity index (χ3n) is 3.37. The van der Waals surface area contributed by atoms with Crippen molar-refractivity contribution < 1.29 is 13.2 Å². The highest BCUT2D eigenvalue weighted by Crippen LogP contribution is 2.17. The molecular formula is C14H22N2O3S. The molecule has 0 bridgehead atoms. The first-order chi connectivity index (χ1) is 9.53. The molecule has 20 heavy (non-hydrogen) atoms. The Kier molecular flexibility index (Phi) is 5.37. The summed E-state index contributed by atoms with van der Waals surface area (Å²) in [5.41, 5.74) is 0.721. The molecule has 0 aliphatic carbocycles. The van der Waals surface area contributed by atoms with Crippen LogP contribution in [-0.4, -0.2) is 39.4 Å². The average molecular weight is 298 g/mol. The zero-order chi connectivity index (χ0) is 14.4. The van der Waals surface area contributed by atoms with E-state index >= 15 is 0 Å². The summed E-state index contributed by atoms with van der Waals surface area (Å²) in [6.07, 6.45) is 6.32. The molecule has 1 atom stereocenters. The van der Waals surface area contributed by atoms with Crippen molar-refractivity contribution in [3.63, 3.8) is 0 Å². The van der Waals surface area contributed by atoms with E-state index in [-0.39, 0.29) is 5.75 Å². The van der Waals surface area contributed by atoms with Gasteiger partial charge in [0.1, 0.15) is 5.82 Å². The molecule has 2 heterocycles. The fourth-order valence-electron chi connectivity index (χ4n) is 2.36. The average Bonchev–Trinajstić information content (AvgIpc) is 2.40. The van der Waals surface area contributed by atoms with Crippen molar-refractivity contribution in [3.05, 3.63) is 23.9 Å². The van der Waals surface area contributed by atoms with E-state index < -0.39 is 9.84 Å². The van der Waals surface area contributed by atoms with E-state index in [4.69, 9.17) is 4.74 Å². The number of nitrogens with zero attached hydrogens (tertiary/aromatic N) is 1. The van der Waals surface area contributed by atoms with Gasteiger partial charge in [-0.3, -0.25) is 0 Å². The van der Waals surface area contributed by atoms with Gasteiger partial charge in [-0.05, 0) is 36.8 Å². The van der Waals surface area contributed by atoms with E-state index in [1.165, 1.54) is 12.7 Å². The van der Waals surface area contributed by atoms with Crippen LogP contribution in [0.5, 0.6) is 0 Å². The number of hydrogen-bond donors (Lipinski definition) is 1. The lowest BCUT2D eigenvalue weighted by molar-refractivity contribution is 0.0530. The molecule has 1 N–H and O–H groups in total. The van der Waals surface area contributed by atoms with E-state index in [9.17, 15) is 8.42 Å². The Balaban J connectivity index is 1.76. The standard InChI is InChI=1S/C14H22N2O3S/c1-20(17,18)11-13-4-5-14(16-9-13)15-7-6-12-3-2-8-19-10-12/h4-5,9,12H,2-3,6-8,10-11H2,1H3,(H,15,16). The highest BCUT2D eigenvalue weighted by molar-refractivity contribution is 7.89. The molecule has 1 saturated heterocycles. The number of hydrogen-bond acceptors (Lipinski definition) is 5. The quantitative estimate of drug-likeness (QED) is 0.868. The van der Waals surface area contributed by atoms with Crippen LogP contribution in [0.3, 0.4) is 0 Å². The summed E-state index contributed by atoms with van der Waals surface area (Å²) in [6.45, 7) is 2.63. The molecule has 5 nitrogen and oxygen atoms in total. The second kappa shape index (κ2) is 7.04. The Morgan fingerprint density at radius 2 is 2.30 bits per heavy atom. The summed E-state index contributed by atoms with van der Waals surface area (Å²) in [7, 11) is -3.00. The number of nitrogens with one attached hydrogen (secondary N) is 1. The van der Waals surface area contributed by atoms with Crippen LogP contribution in [0.4, 0.5) is 5.82 Å². The molecule has 6 heteroatoms. The monoisotopic (exact) mass is 298 g/mol. The van der Waals surface area contributed by atoms with E-state index in [1.54, 1.807) is 12.3 Å². The zero-order valence-electron chi connectivity index (χ0n) is 11.8. The third kappa shape index (κ3) is 5.46. The van der Waals surface area contributed by atoms with E-state index in [2.05, 4.69) is 10.3 Å². The molecule has 1 aliphatic rings. The van der Waals surface area contributed by atoms with Gasteiger partial charge < -0.3 is 10.1 Å². The lowest BCUT2D eigenvalue weighted by atomic mass is 9.99. The van der Waals surface area contributed by atoms with Gasteiger partial charge in [-0.2, -0.15) is 0 Å². The van der Waals surface area contributed by atoms with Crippen LogP contribution >= 0.6 is 0 Å². The predicted molar refractivity (Wildman–Crippen MR) is 79.4 cm³/mol. The minimum Gasteiger partial charge on any atom is -0.381 e. The fourth-order valence-corrected chi connectivity index (χ4v) is 3.13. The van der Waals surface area contributed by atoms with Crippen LogP contribution in [0.2, 0.25) is 0 Å². The summed E-state index contributed by atoms with van der Waals surface area (Å²) in [5.74, 6) is 1.47. The van der Waals surface area contributed by atoms with Crippen LogP contribution in [0.25, 0.3) is 0 Å². The summed E-state index contributed by atoms with van der Waals surface area (Å²) in [5, 5.41) is 3.27. The van der Waals surface area contributed by atoms with Crippen molar-refractivity contribution in [1.29, 1.82) is 0 Å². The molecule has 0 amide bonds. The largest absolute Gasteiger partial charge is 0.381 e. The minimum absolute atomic E-state index is 0.0414. The van der Waals surface area contributed by atoms with Gasteiger partial charge in [0.05, 0.1) is 5.75 Å². The first-order valence-corrected chi connectivity index (χ1v) is 9.03. The maximum Gasteiger partial charge on any atom is 0.151 e. The second-order valence-electron chi connectivity index (χ2n) is 5.42. The van der Waals surface area contributed by atoms with Gasteiger partial charge in [-0.25, -0.2) is 13.4 Å². The van der Waals surface area contributed by atoms with Crippen LogP contribution in [0.15, 0.2) is 18.3 Å². The Morgan fingerprint density at radius 1 is 1.45 bits per heavy atom. The molecule has 1 aromatic rings. The number of sulfone groups is 1. The highest BCUT2D eigenvalue weighted by atomic mass is 32.2. The molecule has 1 unspecified atom stereocenters. The van der Waals surface area contributed by atoms with Gasteiger partial charge in [0, 0.05) is 32.2 Å². The van der Waals surface area contributed by atoms with Crippen LogP contribution in [0, 0.1) is 5.92 Å². The molecule has 0 aromatic carbocycles. The van der Waals surface area contributed by atoms with Crippen LogP contribution < -0.4 is 5.32 Å². The van der Waals surface area contributed by atoms with E-state index in [1.807, 2.05) is 6.07 Å². The zero-order valence-corrected chi connectivity index (χ0v) is 12.7. The molecule has 0 spiro atoms. The van der Waals surface area contributed by atoms with Crippen molar-refractivity contribution in [3.8, 4) is 0 Å². The number of ether oxygens (including phenoxy) is 1. The van der Waals surface area contributed by atoms with Gasteiger partial charge in [0.25, 0.3) is 0 Å². The maximum atomic E-state index is 11.2. The Morgan fingerprint density at radius 3 is 2.90 bits per heavy atom. The molecule has 1 fully saturated rings. The van der Waals surface area contributed by atoms with Crippen molar-refractivity contribution in [2.75, 3.05) is 31.3 Å². The van der Waals surface area contributed by atoms with Crippen molar-refractivity contribution >= 4 is 15.7 Å². The van der Waals surface area contributed by atoms with Gasteiger partial charge in [-0.15, -0.1) is 0 Å². The Bertz CT molecular complexity index is 508. The Labute approximate surface area is 120 Å². The molecular weight excluding hydrogens is 276 g/mol. The van der Waals surface area contributed by atoms with Crippen molar-refractivity contribution in [1.82, 2.24) is 4.98 Å². The van der Waals surface area contributed by atoms with Gasteiger partial charge >= 0.3 is 0 Å². The number of pyridine rings is 1. The lowest BCUT2D eigenvalue weighted by Gasteiger charge is -2.22. The van der Waals surface area contributed by atoms with Crippen LogP contribution in [0.1, 0.15) is 24.8 Å². The molecule has 1 aromatic heterocycles. The van der Waals surface area contributed by atoms with Gasteiger partial charge in [0.15, 0.2) is 9.84 Å². The topological polar surface area (TPSA) is 68.3 Å². The summed E-state index contributed by atoms with van der Waals surface area (Å²) in [6, 6.07) is 3.64. The normalized spacial score (nSPS) is 19.8. The van der Waals surface area contributed by atoms with Crippen molar-refractivity contribution in [2.45, 2.75) is 25.0 Å². The number of anilines is 1. The number of aromatic nitrogens is 1. The first kappa shape index (κ1) is 15.3. The fraction of sp³-hybridized carbons (Fsp3) is 0.643. The van der Waals surface area contributed by atoms with E-state index in [0.717, 1.165) is 44.0 Å². The molecule has 112 valence electrons. The first-order valence-electron chi connectivity index (χ1n) is 6.97. The molecule has 1 aliphatic heterocycles. The lowest BCUT2D eigenvalue weighted by Crippen LogP contribution is -2.20.